The second kappa shape index (κ2) is 8.32. The molecule has 1 aliphatic carbocycles. The highest BCUT2D eigenvalue weighted by atomic mass is 16.5. The van der Waals surface area contributed by atoms with E-state index in [2.05, 4.69) is 5.32 Å². The molecule has 4 rings (SSSR count). The number of methoxy groups -OCH3 is 1. The smallest absolute Gasteiger partial charge is 0.271 e. The number of hydrogen-bond donors (Lipinski definition) is 1. The average Bonchev–Trinajstić information content (AvgIpc) is 2.91. The molecule has 1 fully saturated rings. The van der Waals surface area contributed by atoms with Gasteiger partial charge in [0, 0.05) is 24.0 Å². The van der Waals surface area contributed by atoms with Gasteiger partial charge < -0.3 is 19.5 Å². The maximum absolute atomic E-state index is 13.6. The molecule has 2 aromatic rings. The molecule has 1 aromatic heterocycles. The zero-order chi connectivity index (χ0) is 21.3. The summed E-state index contributed by atoms with van der Waals surface area (Å²) < 4.78 is 7.39. The van der Waals surface area contributed by atoms with Gasteiger partial charge in [0.1, 0.15) is 17.0 Å². The van der Waals surface area contributed by atoms with Gasteiger partial charge in [0.15, 0.2) is 0 Å². The Balaban J connectivity index is 1.71. The molecule has 2 aliphatic rings. The van der Waals surface area contributed by atoms with Gasteiger partial charge in [0.2, 0.25) is 5.91 Å². The molecule has 0 radical (unpaired) electrons. The molecule has 0 spiro atoms. The van der Waals surface area contributed by atoms with E-state index in [1.54, 1.807) is 12.0 Å². The second-order valence-electron chi connectivity index (χ2n) is 8.93. The van der Waals surface area contributed by atoms with Gasteiger partial charge in [-0.1, -0.05) is 32.6 Å². The Morgan fingerprint density at radius 2 is 1.93 bits per heavy atom. The minimum Gasteiger partial charge on any atom is -0.497 e. The predicted octanol–water partition coefficient (Wildman–Crippen LogP) is 4.11. The fraction of sp³-hybridized carbons (Fsp3) is 0.583. The van der Waals surface area contributed by atoms with Gasteiger partial charge in [0.05, 0.1) is 19.2 Å². The van der Waals surface area contributed by atoms with Crippen molar-refractivity contribution in [3.63, 3.8) is 0 Å². The molecular formula is C24H33N3O3. The first-order chi connectivity index (χ1) is 14.5. The largest absolute Gasteiger partial charge is 0.497 e. The zero-order valence-corrected chi connectivity index (χ0v) is 18.4. The molecule has 30 heavy (non-hydrogen) atoms. The Morgan fingerprint density at radius 1 is 1.20 bits per heavy atom. The van der Waals surface area contributed by atoms with E-state index in [1.807, 2.05) is 42.7 Å². The van der Waals surface area contributed by atoms with Crippen molar-refractivity contribution in [2.24, 2.45) is 0 Å². The molecule has 0 saturated heterocycles. The first-order valence-corrected chi connectivity index (χ1v) is 11.3. The summed E-state index contributed by atoms with van der Waals surface area (Å²) in [6.45, 7) is 4.98. The Bertz CT molecular complexity index is 943. The van der Waals surface area contributed by atoms with Crippen molar-refractivity contribution in [2.75, 3.05) is 13.7 Å². The van der Waals surface area contributed by atoms with E-state index in [0.29, 0.717) is 18.8 Å². The van der Waals surface area contributed by atoms with Crippen LogP contribution in [0.25, 0.3) is 10.9 Å². The van der Waals surface area contributed by atoms with Crippen molar-refractivity contribution in [3.8, 4) is 5.75 Å². The van der Waals surface area contributed by atoms with E-state index in [0.717, 1.165) is 48.8 Å². The highest BCUT2D eigenvalue weighted by molar-refractivity contribution is 6.03. The standard InChI is InChI=1S/C24H33N3O3/c1-4-13-27-22(28)21-14-17-11-12-19(30-3)15-20(17)26(21)16-24(27,2)23(29)25-18-9-7-5-6-8-10-18/h11-12,14-15,18H,4-10,13,16H2,1-3H3,(H,25,29)/t24-/m0/s1. The van der Waals surface area contributed by atoms with E-state index in [1.165, 1.54) is 12.8 Å². The molecule has 2 heterocycles. The lowest BCUT2D eigenvalue weighted by molar-refractivity contribution is -0.133. The Labute approximate surface area is 178 Å². The number of fused-ring (bicyclic) bond motifs is 3. The lowest BCUT2D eigenvalue weighted by atomic mass is 9.93. The predicted molar refractivity (Wildman–Crippen MR) is 118 cm³/mol. The van der Waals surface area contributed by atoms with Crippen LogP contribution in [0.5, 0.6) is 5.75 Å². The van der Waals surface area contributed by atoms with Gasteiger partial charge in [-0.05, 0) is 44.4 Å². The van der Waals surface area contributed by atoms with Crippen molar-refractivity contribution in [2.45, 2.75) is 76.9 Å². The van der Waals surface area contributed by atoms with Crippen LogP contribution in [-0.2, 0) is 11.3 Å². The quantitative estimate of drug-likeness (QED) is 0.753. The normalized spacial score (nSPS) is 22.6. The molecule has 1 N–H and O–H groups in total. The summed E-state index contributed by atoms with van der Waals surface area (Å²) in [5.41, 5.74) is 0.662. The topological polar surface area (TPSA) is 63.6 Å². The van der Waals surface area contributed by atoms with Crippen LogP contribution in [0.2, 0.25) is 0 Å². The highest BCUT2D eigenvalue weighted by Crippen LogP contribution is 2.34. The van der Waals surface area contributed by atoms with Gasteiger partial charge in [-0.25, -0.2) is 0 Å². The average molecular weight is 412 g/mol. The number of amides is 2. The number of nitrogens with one attached hydrogen (secondary N) is 1. The number of rotatable bonds is 5. The number of aromatic nitrogens is 1. The molecule has 6 nitrogen and oxygen atoms in total. The number of hydrogen-bond acceptors (Lipinski definition) is 3. The summed E-state index contributed by atoms with van der Waals surface area (Å²) in [6.07, 6.45) is 7.66. The fourth-order valence-corrected chi connectivity index (χ4v) is 5.00. The molecule has 6 heteroatoms. The number of ether oxygens (including phenoxy) is 1. The van der Waals surface area contributed by atoms with Crippen molar-refractivity contribution in [1.29, 1.82) is 0 Å². The van der Waals surface area contributed by atoms with E-state index < -0.39 is 5.54 Å². The molecule has 1 atom stereocenters. The van der Waals surface area contributed by atoms with Gasteiger partial charge in [-0.15, -0.1) is 0 Å². The van der Waals surface area contributed by atoms with Crippen LogP contribution in [-0.4, -0.2) is 46.5 Å². The molecule has 162 valence electrons. The lowest BCUT2D eigenvalue weighted by Crippen LogP contribution is -2.65. The molecule has 1 aliphatic heterocycles. The molecule has 2 amide bonds. The third-order valence-corrected chi connectivity index (χ3v) is 6.76. The van der Waals surface area contributed by atoms with E-state index in [9.17, 15) is 9.59 Å². The van der Waals surface area contributed by atoms with Crippen LogP contribution in [0.4, 0.5) is 0 Å². The summed E-state index contributed by atoms with van der Waals surface area (Å²) in [7, 11) is 1.64. The van der Waals surface area contributed by atoms with Gasteiger partial charge in [-0.3, -0.25) is 9.59 Å². The van der Waals surface area contributed by atoms with E-state index in [4.69, 9.17) is 4.74 Å². The highest BCUT2D eigenvalue weighted by Gasteiger charge is 2.47. The summed E-state index contributed by atoms with van der Waals surface area (Å²) >= 11 is 0. The number of carbonyl (C=O) groups excluding carboxylic acids is 2. The monoisotopic (exact) mass is 411 g/mol. The zero-order valence-electron chi connectivity index (χ0n) is 18.4. The molecular weight excluding hydrogens is 378 g/mol. The van der Waals surface area contributed by atoms with E-state index in [-0.39, 0.29) is 17.9 Å². The number of carbonyl (C=O) groups is 2. The number of benzene rings is 1. The Hall–Kier alpha value is -2.50. The second-order valence-corrected chi connectivity index (χ2v) is 8.93. The van der Waals surface area contributed by atoms with Crippen molar-refractivity contribution in [1.82, 2.24) is 14.8 Å². The van der Waals surface area contributed by atoms with Crippen LogP contribution in [0.1, 0.15) is 69.3 Å². The van der Waals surface area contributed by atoms with Crippen LogP contribution in [0.3, 0.4) is 0 Å². The van der Waals surface area contributed by atoms with E-state index >= 15 is 0 Å². The summed E-state index contributed by atoms with van der Waals surface area (Å²) in [6, 6.07) is 7.96. The molecule has 0 unspecified atom stereocenters. The van der Waals surface area contributed by atoms with Gasteiger partial charge in [-0.2, -0.15) is 0 Å². The molecule has 1 saturated carbocycles. The summed E-state index contributed by atoms with van der Waals surface area (Å²) in [5, 5.41) is 4.29. The van der Waals surface area contributed by atoms with Crippen LogP contribution in [0, 0.1) is 0 Å². The third-order valence-electron chi connectivity index (χ3n) is 6.76. The van der Waals surface area contributed by atoms with Gasteiger partial charge >= 0.3 is 0 Å². The minimum absolute atomic E-state index is 0.0356. The summed E-state index contributed by atoms with van der Waals surface area (Å²) in [4.78, 5) is 28.9. The van der Waals surface area contributed by atoms with Crippen molar-refractivity contribution in [3.05, 3.63) is 30.0 Å². The minimum atomic E-state index is -0.915. The van der Waals surface area contributed by atoms with Crippen LogP contribution < -0.4 is 10.1 Å². The lowest BCUT2D eigenvalue weighted by Gasteiger charge is -2.44. The van der Waals surface area contributed by atoms with Crippen molar-refractivity contribution < 1.29 is 14.3 Å². The Kier molecular flexibility index (Phi) is 5.76. The maximum Gasteiger partial charge on any atom is 0.271 e. The van der Waals surface area contributed by atoms with Gasteiger partial charge in [0.25, 0.3) is 5.91 Å². The molecule has 1 aromatic carbocycles. The first-order valence-electron chi connectivity index (χ1n) is 11.3. The third kappa shape index (κ3) is 3.57. The SMILES string of the molecule is CCCN1C(=O)c2cc3ccc(OC)cc3n2C[C@@]1(C)C(=O)NC1CCCCCC1. The first kappa shape index (κ1) is 20.8. The van der Waals surface area contributed by atoms with Crippen LogP contribution >= 0.6 is 0 Å². The Morgan fingerprint density at radius 3 is 2.60 bits per heavy atom. The fourth-order valence-electron chi connectivity index (χ4n) is 5.00. The summed E-state index contributed by atoms with van der Waals surface area (Å²) in [5.74, 6) is 0.639. The molecule has 0 bridgehead atoms. The maximum atomic E-state index is 13.6. The van der Waals surface area contributed by atoms with Crippen LogP contribution in [0.15, 0.2) is 24.3 Å². The van der Waals surface area contributed by atoms with Crippen molar-refractivity contribution >= 4 is 22.7 Å². The number of nitrogens with zero attached hydrogens (tertiary/aromatic N) is 2.